The van der Waals surface area contributed by atoms with Gasteiger partial charge in [-0.3, -0.25) is 14.9 Å². The lowest BCUT2D eigenvalue weighted by Crippen LogP contribution is -2.28. The third-order valence-corrected chi connectivity index (χ3v) is 5.14. The molecule has 0 spiro atoms. The summed E-state index contributed by atoms with van der Waals surface area (Å²) in [6, 6.07) is 10.8. The molecule has 0 radical (unpaired) electrons. The highest BCUT2D eigenvalue weighted by Gasteiger charge is 2.35. The van der Waals surface area contributed by atoms with Crippen molar-refractivity contribution >= 4 is 34.7 Å². The summed E-state index contributed by atoms with van der Waals surface area (Å²) in [7, 11) is 1.59. The average molecular weight is 383 g/mol. The predicted octanol–water partition coefficient (Wildman–Crippen LogP) is 3.40. The monoisotopic (exact) mass is 383 g/mol. The van der Waals surface area contributed by atoms with Crippen molar-refractivity contribution in [2.75, 3.05) is 23.9 Å². The van der Waals surface area contributed by atoms with Crippen LogP contribution in [0.15, 0.2) is 51.7 Å². The van der Waals surface area contributed by atoms with Crippen molar-refractivity contribution in [1.82, 2.24) is 5.16 Å². The van der Waals surface area contributed by atoms with Gasteiger partial charge in [0.15, 0.2) is 0 Å². The Hall–Kier alpha value is -3.13. The summed E-state index contributed by atoms with van der Waals surface area (Å²) < 4.78 is 10.3. The van der Waals surface area contributed by atoms with Gasteiger partial charge in [0, 0.05) is 35.7 Å². The second kappa shape index (κ2) is 7.24. The zero-order valence-corrected chi connectivity index (χ0v) is 15.4. The van der Waals surface area contributed by atoms with E-state index in [1.807, 2.05) is 16.8 Å². The van der Waals surface area contributed by atoms with Crippen LogP contribution in [-0.2, 0) is 9.59 Å². The van der Waals surface area contributed by atoms with Crippen LogP contribution in [0.4, 0.5) is 11.6 Å². The molecule has 1 aromatic carbocycles. The molecular weight excluding hydrogens is 366 g/mol. The third-order valence-electron chi connectivity index (χ3n) is 4.45. The molecule has 0 saturated carbocycles. The van der Waals surface area contributed by atoms with Crippen molar-refractivity contribution in [1.29, 1.82) is 0 Å². The highest BCUT2D eigenvalue weighted by molar-refractivity contribution is 7.08. The molecule has 2 aromatic heterocycles. The molecule has 1 aliphatic rings. The number of amides is 2. The number of hydrogen-bond donors (Lipinski definition) is 1. The second-order valence-electron chi connectivity index (χ2n) is 6.18. The summed E-state index contributed by atoms with van der Waals surface area (Å²) in [5.41, 5.74) is 2.34. The highest BCUT2D eigenvalue weighted by atomic mass is 32.1. The fraction of sp³-hybridized carbons (Fsp3) is 0.211. The molecule has 1 saturated heterocycles. The maximum absolute atomic E-state index is 12.5. The van der Waals surface area contributed by atoms with E-state index in [0.717, 1.165) is 11.3 Å². The van der Waals surface area contributed by atoms with Crippen molar-refractivity contribution in [2.45, 2.75) is 6.42 Å². The summed E-state index contributed by atoms with van der Waals surface area (Å²) in [6.45, 7) is 0.322. The number of thiophene rings is 1. The Morgan fingerprint density at radius 1 is 1.33 bits per heavy atom. The molecule has 1 atom stereocenters. The van der Waals surface area contributed by atoms with E-state index in [0.29, 0.717) is 18.0 Å². The van der Waals surface area contributed by atoms with E-state index in [4.69, 9.17) is 9.26 Å². The van der Waals surface area contributed by atoms with Crippen LogP contribution < -0.4 is 15.0 Å². The minimum Gasteiger partial charge on any atom is -0.497 e. The predicted molar refractivity (Wildman–Crippen MR) is 102 cm³/mol. The maximum Gasteiger partial charge on any atom is 0.232 e. The summed E-state index contributed by atoms with van der Waals surface area (Å²) in [4.78, 5) is 26.5. The van der Waals surface area contributed by atoms with Gasteiger partial charge in [0.1, 0.15) is 11.4 Å². The van der Waals surface area contributed by atoms with Gasteiger partial charge in [-0.15, -0.1) is 0 Å². The average Bonchev–Trinajstić information content (AvgIpc) is 3.42. The van der Waals surface area contributed by atoms with E-state index in [-0.39, 0.29) is 24.1 Å². The van der Waals surface area contributed by atoms with E-state index in [1.54, 1.807) is 53.7 Å². The Bertz CT molecular complexity index is 950. The van der Waals surface area contributed by atoms with Gasteiger partial charge in [0.25, 0.3) is 0 Å². The van der Waals surface area contributed by atoms with E-state index in [2.05, 4.69) is 10.5 Å². The maximum atomic E-state index is 12.5. The van der Waals surface area contributed by atoms with Crippen LogP contribution >= 0.6 is 11.3 Å². The molecule has 7 nitrogen and oxygen atoms in total. The zero-order valence-electron chi connectivity index (χ0n) is 14.5. The number of hydrogen-bond acceptors (Lipinski definition) is 6. The van der Waals surface area contributed by atoms with Crippen LogP contribution in [0.2, 0.25) is 0 Å². The normalized spacial score (nSPS) is 16.6. The fourth-order valence-electron chi connectivity index (χ4n) is 3.00. The van der Waals surface area contributed by atoms with Crippen LogP contribution in [0.3, 0.4) is 0 Å². The molecule has 2 amide bonds. The van der Waals surface area contributed by atoms with Crippen LogP contribution in [0.5, 0.6) is 5.75 Å². The third kappa shape index (κ3) is 3.56. The van der Waals surface area contributed by atoms with Crippen LogP contribution in [0, 0.1) is 5.92 Å². The summed E-state index contributed by atoms with van der Waals surface area (Å²) in [6.07, 6.45) is 0.156. The van der Waals surface area contributed by atoms with Gasteiger partial charge in [-0.2, -0.15) is 11.3 Å². The smallest absolute Gasteiger partial charge is 0.232 e. The standard InChI is InChI=1S/C19H17N3O4S/c1-25-15-4-2-14(3-5-15)22-10-13(8-18(22)23)19(24)20-17-9-16(21-26-17)12-6-7-27-11-12/h2-7,9,11,13H,8,10H2,1H3,(H,20,24)/t13-/m1/s1. The molecule has 3 heterocycles. The fourth-order valence-corrected chi connectivity index (χ4v) is 3.65. The number of carbonyl (C=O) groups is 2. The summed E-state index contributed by atoms with van der Waals surface area (Å²) in [5.74, 6) is 0.196. The molecule has 0 aliphatic carbocycles. The van der Waals surface area contributed by atoms with E-state index in [9.17, 15) is 9.59 Å². The first-order valence-electron chi connectivity index (χ1n) is 8.38. The number of benzene rings is 1. The molecule has 8 heteroatoms. The molecule has 0 bridgehead atoms. The molecular formula is C19H17N3O4S. The van der Waals surface area contributed by atoms with E-state index in [1.165, 1.54) is 0 Å². The Morgan fingerprint density at radius 3 is 2.85 bits per heavy atom. The van der Waals surface area contributed by atoms with Gasteiger partial charge in [0.05, 0.1) is 13.0 Å². The first kappa shape index (κ1) is 17.3. The number of nitrogens with one attached hydrogen (secondary N) is 1. The van der Waals surface area contributed by atoms with E-state index < -0.39 is 5.92 Å². The van der Waals surface area contributed by atoms with Crippen molar-refractivity contribution in [2.24, 2.45) is 5.92 Å². The van der Waals surface area contributed by atoms with Crippen LogP contribution in [0.1, 0.15) is 6.42 Å². The Morgan fingerprint density at radius 2 is 2.15 bits per heavy atom. The zero-order chi connectivity index (χ0) is 18.8. The second-order valence-corrected chi connectivity index (χ2v) is 6.96. The van der Waals surface area contributed by atoms with Gasteiger partial charge in [-0.25, -0.2) is 0 Å². The van der Waals surface area contributed by atoms with Crippen LogP contribution in [-0.4, -0.2) is 30.6 Å². The molecule has 4 rings (SSSR count). The van der Waals surface area contributed by atoms with Crippen molar-refractivity contribution in [3.63, 3.8) is 0 Å². The SMILES string of the molecule is COc1ccc(N2C[C@H](C(=O)Nc3cc(-c4ccsc4)no3)CC2=O)cc1. The number of ether oxygens (including phenoxy) is 1. The quantitative estimate of drug-likeness (QED) is 0.730. The first-order valence-corrected chi connectivity index (χ1v) is 9.33. The molecule has 27 heavy (non-hydrogen) atoms. The van der Waals surface area contributed by atoms with Gasteiger partial charge in [-0.05, 0) is 35.7 Å². The Balaban J connectivity index is 1.41. The number of anilines is 2. The number of aromatic nitrogens is 1. The molecule has 1 aliphatic heterocycles. The van der Waals surface area contributed by atoms with Crippen molar-refractivity contribution < 1.29 is 18.8 Å². The van der Waals surface area contributed by atoms with Crippen LogP contribution in [0.25, 0.3) is 11.3 Å². The van der Waals surface area contributed by atoms with Gasteiger partial charge < -0.3 is 14.2 Å². The lowest BCUT2D eigenvalue weighted by molar-refractivity contribution is -0.122. The van der Waals surface area contributed by atoms with Gasteiger partial charge in [-0.1, -0.05) is 5.16 Å². The minimum atomic E-state index is -0.450. The number of rotatable bonds is 5. The lowest BCUT2D eigenvalue weighted by Gasteiger charge is -2.16. The Kier molecular flexibility index (Phi) is 4.64. The van der Waals surface area contributed by atoms with Crippen molar-refractivity contribution in [3.05, 3.63) is 47.2 Å². The highest BCUT2D eigenvalue weighted by Crippen LogP contribution is 2.28. The minimum absolute atomic E-state index is 0.0863. The van der Waals surface area contributed by atoms with Gasteiger partial charge in [0.2, 0.25) is 17.7 Å². The lowest BCUT2D eigenvalue weighted by atomic mass is 10.1. The number of methoxy groups -OCH3 is 1. The number of carbonyl (C=O) groups excluding carboxylic acids is 2. The van der Waals surface area contributed by atoms with E-state index >= 15 is 0 Å². The van der Waals surface area contributed by atoms with Gasteiger partial charge >= 0.3 is 0 Å². The largest absolute Gasteiger partial charge is 0.497 e. The first-order chi connectivity index (χ1) is 13.1. The summed E-state index contributed by atoms with van der Waals surface area (Å²) >= 11 is 1.56. The molecule has 3 aromatic rings. The van der Waals surface area contributed by atoms with Crippen molar-refractivity contribution in [3.8, 4) is 17.0 Å². The summed E-state index contributed by atoms with van der Waals surface area (Å²) in [5, 5.41) is 10.6. The molecule has 138 valence electrons. The topological polar surface area (TPSA) is 84.7 Å². The number of nitrogens with zero attached hydrogens (tertiary/aromatic N) is 2. The molecule has 1 N–H and O–H groups in total. The Labute approximate surface area is 159 Å². The molecule has 1 fully saturated rings. The molecule has 0 unspecified atom stereocenters.